The number of benzene rings is 3. The van der Waals surface area contributed by atoms with E-state index in [2.05, 4.69) is 27.6 Å². The van der Waals surface area contributed by atoms with Gasteiger partial charge >= 0.3 is 5.97 Å². The average molecular weight is 427 g/mol. The van der Waals surface area contributed by atoms with Crippen molar-refractivity contribution in [1.82, 2.24) is 0 Å². The molecule has 0 aliphatic rings. The normalized spacial score (nSPS) is 10.7. The number of hydrogen-bond acceptors (Lipinski definition) is 3. The van der Waals surface area contributed by atoms with Crippen LogP contribution in [0.4, 0.5) is 5.69 Å². The van der Waals surface area contributed by atoms with Crippen molar-refractivity contribution in [2.45, 2.75) is 0 Å². The van der Waals surface area contributed by atoms with Crippen LogP contribution in [0.1, 0.15) is 15.9 Å². The Balaban J connectivity index is 1.67. The maximum Gasteiger partial charge on any atom is 0.343 e. The summed E-state index contributed by atoms with van der Waals surface area (Å²) in [6.45, 7) is 0. The number of nitrogens with zero attached hydrogens (tertiary/aromatic N) is 1. The Labute approximate surface area is 154 Å². The summed E-state index contributed by atoms with van der Waals surface area (Å²) >= 11 is 2.26. The van der Waals surface area contributed by atoms with E-state index in [0.717, 1.165) is 14.8 Å². The number of para-hydroxylation sites is 1. The number of carbonyl (C=O) groups excluding carboxylic acids is 1. The van der Waals surface area contributed by atoms with Crippen LogP contribution in [0.2, 0.25) is 0 Å². The lowest BCUT2D eigenvalue weighted by molar-refractivity contribution is 0.0735. The van der Waals surface area contributed by atoms with Crippen LogP contribution in [0.25, 0.3) is 0 Å². The fourth-order valence-electron chi connectivity index (χ4n) is 2.06. The average Bonchev–Trinajstić information content (AvgIpc) is 2.63. The summed E-state index contributed by atoms with van der Waals surface area (Å²) in [4.78, 5) is 16.5. The third-order valence-electron chi connectivity index (χ3n) is 3.31. The minimum absolute atomic E-state index is 0.365. The molecule has 3 nitrogen and oxygen atoms in total. The van der Waals surface area contributed by atoms with Gasteiger partial charge in [-0.1, -0.05) is 30.3 Å². The number of halogens is 1. The molecule has 0 aliphatic carbocycles. The number of rotatable bonds is 4. The molecule has 0 N–H and O–H groups in total. The molecular weight excluding hydrogens is 413 g/mol. The fourth-order valence-corrected chi connectivity index (χ4v) is 2.59. The Bertz CT molecular complexity index is 858. The van der Waals surface area contributed by atoms with Gasteiger partial charge in [-0.2, -0.15) is 0 Å². The van der Waals surface area contributed by atoms with Crippen LogP contribution in [-0.2, 0) is 0 Å². The van der Waals surface area contributed by atoms with Gasteiger partial charge in [-0.3, -0.25) is 4.99 Å². The van der Waals surface area contributed by atoms with Crippen molar-refractivity contribution in [2.24, 2.45) is 4.99 Å². The number of hydrogen-bond donors (Lipinski definition) is 0. The first-order valence-corrected chi connectivity index (χ1v) is 8.46. The zero-order chi connectivity index (χ0) is 16.8. The van der Waals surface area contributed by atoms with E-state index in [1.807, 2.05) is 42.5 Å². The predicted molar refractivity (Wildman–Crippen MR) is 104 cm³/mol. The molecule has 0 aliphatic heterocycles. The molecule has 0 aromatic heterocycles. The summed E-state index contributed by atoms with van der Waals surface area (Å²) < 4.78 is 6.45. The minimum atomic E-state index is -0.365. The first kappa shape index (κ1) is 16.4. The van der Waals surface area contributed by atoms with Crippen molar-refractivity contribution in [2.75, 3.05) is 0 Å². The summed E-state index contributed by atoms with van der Waals surface area (Å²) in [5.41, 5.74) is 2.40. The molecule has 3 aromatic carbocycles. The monoisotopic (exact) mass is 427 g/mol. The SMILES string of the molecule is O=C(Oc1ccc(C=Nc2ccccc2I)cc1)c1ccccc1. The highest BCUT2D eigenvalue weighted by Gasteiger charge is 2.07. The van der Waals surface area contributed by atoms with E-state index in [0.29, 0.717) is 11.3 Å². The van der Waals surface area contributed by atoms with Gasteiger partial charge in [0.25, 0.3) is 0 Å². The van der Waals surface area contributed by atoms with Crippen molar-refractivity contribution in [1.29, 1.82) is 0 Å². The molecule has 0 amide bonds. The fraction of sp³-hybridized carbons (Fsp3) is 0. The molecule has 0 heterocycles. The molecule has 0 unspecified atom stereocenters. The molecule has 0 atom stereocenters. The van der Waals surface area contributed by atoms with Gasteiger partial charge in [-0.05, 0) is 76.7 Å². The first-order chi connectivity index (χ1) is 11.7. The van der Waals surface area contributed by atoms with Gasteiger partial charge in [0.2, 0.25) is 0 Å². The van der Waals surface area contributed by atoms with Crippen LogP contribution in [0.5, 0.6) is 5.75 Å². The van der Waals surface area contributed by atoms with Crippen LogP contribution in [0.3, 0.4) is 0 Å². The van der Waals surface area contributed by atoms with E-state index >= 15 is 0 Å². The summed E-state index contributed by atoms with van der Waals surface area (Å²) in [5, 5.41) is 0. The zero-order valence-electron chi connectivity index (χ0n) is 12.7. The highest BCUT2D eigenvalue weighted by Crippen LogP contribution is 2.20. The van der Waals surface area contributed by atoms with E-state index in [1.54, 1.807) is 42.6 Å². The highest BCUT2D eigenvalue weighted by atomic mass is 127. The lowest BCUT2D eigenvalue weighted by Crippen LogP contribution is -2.07. The Hall–Kier alpha value is -2.47. The minimum Gasteiger partial charge on any atom is -0.423 e. The molecule has 0 bridgehead atoms. The number of aliphatic imine (C=N–C) groups is 1. The molecule has 4 heteroatoms. The Morgan fingerprint density at radius 1 is 0.875 bits per heavy atom. The Kier molecular flexibility index (Phi) is 5.38. The van der Waals surface area contributed by atoms with Crippen molar-refractivity contribution in [3.8, 4) is 5.75 Å². The highest BCUT2D eigenvalue weighted by molar-refractivity contribution is 14.1. The standard InChI is InChI=1S/C20H14INO2/c21-18-8-4-5-9-19(18)22-14-15-10-12-17(13-11-15)24-20(23)16-6-2-1-3-7-16/h1-14H. The summed E-state index contributed by atoms with van der Waals surface area (Å²) in [6.07, 6.45) is 1.79. The molecule has 3 aromatic rings. The Morgan fingerprint density at radius 2 is 1.54 bits per heavy atom. The molecular formula is C20H14INO2. The number of ether oxygens (including phenoxy) is 1. The Morgan fingerprint density at radius 3 is 2.25 bits per heavy atom. The van der Waals surface area contributed by atoms with Gasteiger partial charge in [-0.15, -0.1) is 0 Å². The largest absolute Gasteiger partial charge is 0.423 e. The molecule has 24 heavy (non-hydrogen) atoms. The maximum atomic E-state index is 12.0. The summed E-state index contributed by atoms with van der Waals surface area (Å²) in [7, 11) is 0. The predicted octanol–water partition coefficient (Wildman–Crippen LogP) is 5.26. The van der Waals surface area contributed by atoms with Gasteiger partial charge in [-0.25, -0.2) is 4.79 Å². The second-order valence-electron chi connectivity index (χ2n) is 5.03. The van der Waals surface area contributed by atoms with Crippen molar-refractivity contribution in [3.05, 3.63) is 93.6 Å². The molecule has 3 rings (SSSR count). The zero-order valence-corrected chi connectivity index (χ0v) is 14.9. The van der Waals surface area contributed by atoms with Gasteiger partial charge < -0.3 is 4.74 Å². The quantitative estimate of drug-likeness (QED) is 0.247. The third-order valence-corrected chi connectivity index (χ3v) is 4.22. The van der Waals surface area contributed by atoms with Crippen molar-refractivity contribution < 1.29 is 9.53 Å². The van der Waals surface area contributed by atoms with E-state index in [4.69, 9.17) is 4.74 Å². The van der Waals surface area contributed by atoms with Gasteiger partial charge in [0.15, 0.2) is 0 Å². The van der Waals surface area contributed by atoms with Crippen LogP contribution in [-0.4, -0.2) is 12.2 Å². The topological polar surface area (TPSA) is 38.7 Å². The lowest BCUT2D eigenvalue weighted by atomic mass is 10.2. The van der Waals surface area contributed by atoms with E-state index in [1.165, 1.54) is 0 Å². The van der Waals surface area contributed by atoms with Gasteiger partial charge in [0, 0.05) is 9.78 Å². The third kappa shape index (κ3) is 4.29. The summed E-state index contributed by atoms with van der Waals surface area (Å²) in [5.74, 6) is 0.145. The van der Waals surface area contributed by atoms with Crippen LogP contribution in [0, 0.1) is 3.57 Å². The molecule has 118 valence electrons. The van der Waals surface area contributed by atoms with Crippen LogP contribution in [0.15, 0.2) is 83.9 Å². The second-order valence-corrected chi connectivity index (χ2v) is 6.20. The number of carbonyl (C=O) groups is 1. The second kappa shape index (κ2) is 7.88. The molecule has 0 saturated heterocycles. The maximum absolute atomic E-state index is 12.0. The van der Waals surface area contributed by atoms with E-state index in [-0.39, 0.29) is 5.97 Å². The lowest BCUT2D eigenvalue weighted by Gasteiger charge is -2.04. The molecule has 0 radical (unpaired) electrons. The van der Waals surface area contributed by atoms with E-state index in [9.17, 15) is 4.79 Å². The summed E-state index contributed by atoms with van der Waals surface area (Å²) in [6, 6.07) is 24.1. The van der Waals surface area contributed by atoms with Crippen molar-refractivity contribution >= 4 is 40.5 Å². The van der Waals surface area contributed by atoms with E-state index < -0.39 is 0 Å². The van der Waals surface area contributed by atoms with Crippen LogP contribution >= 0.6 is 22.6 Å². The first-order valence-electron chi connectivity index (χ1n) is 7.38. The smallest absolute Gasteiger partial charge is 0.343 e. The number of esters is 1. The molecule has 0 fully saturated rings. The van der Waals surface area contributed by atoms with Crippen LogP contribution < -0.4 is 4.74 Å². The van der Waals surface area contributed by atoms with Crippen molar-refractivity contribution in [3.63, 3.8) is 0 Å². The molecule has 0 saturated carbocycles. The van der Waals surface area contributed by atoms with Gasteiger partial charge in [0.1, 0.15) is 5.75 Å². The van der Waals surface area contributed by atoms with Gasteiger partial charge in [0.05, 0.1) is 11.3 Å². The molecule has 0 spiro atoms.